The normalized spacial score (nSPS) is 18.9. The molecule has 0 radical (unpaired) electrons. The summed E-state index contributed by atoms with van der Waals surface area (Å²) in [7, 11) is 1.81. The maximum absolute atomic E-state index is 12.1. The summed E-state index contributed by atoms with van der Waals surface area (Å²) in [6.45, 7) is 4.77. The molecule has 1 heterocycles. The van der Waals surface area contributed by atoms with Crippen molar-refractivity contribution in [3.63, 3.8) is 0 Å². The van der Waals surface area contributed by atoms with Gasteiger partial charge in [-0.05, 0) is 20.4 Å². The van der Waals surface area contributed by atoms with Crippen molar-refractivity contribution in [1.29, 1.82) is 0 Å². The molecule has 0 fully saturated rings. The molecule has 0 saturated carbocycles. The molecule has 0 unspecified atom stereocenters. The molecule has 3 N–H and O–H groups in total. The molecule has 1 rings (SSSR count). The summed E-state index contributed by atoms with van der Waals surface area (Å²) < 4.78 is 5.06. The average molecular weight is 285 g/mol. The number of nitrogens with one attached hydrogen (secondary N) is 2. The fourth-order valence-electron chi connectivity index (χ4n) is 2.11. The van der Waals surface area contributed by atoms with Gasteiger partial charge in [0.2, 0.25) is 0 Å². The maximum atomic E-state index is 12.1. The molecule has 0 aromatic rings. The van der Waals surface area contributed by atoms with Crippen molar-refractivity contribution in [3.8, 4) is 0 Å². The van der Waals surface area contributed by atoms with Crippen molar-refractivity contribution in [3.05, 3.63) is 11.3 Å². The first-order chi connectivity index (χ1) is 9.53. The number of nitrogens with zero attached hydrogens (tertiary/aromatic N) is 1. The van der Waals surface area contributed by atoms with Crippen LogP contribution < -0.4 is 10.6 Å². The number of ether oxygens (including phenoxy) is 1. The summed E-state index contributed by atoms with van der Waals surface area (Å²) in [4.78, 5) is 25.5. The monoisotopic (exact) mass is 285 g/mol. The first-order valence-corrected chi connectivity index (χ1v) is 6.80. The first-order valence-electron chi connectivity index (χ1n) is 6.80. The lowest BCUT2D eigenvalue weighted by Gasteiger charge is -2.30. The van der Waals surface area contributed by atoms with Gasteiger partial charge >= 0.3 is 12.0 Å². The van der Waals surface area contributed by atoms with Gasteiger partial charge < -0.3 is 20.5 Å². The maximum Gasteiger partial charge on any atom is 0.337 e. The highest BCUT2D eigenvalue weighted by Gasteiger charge is 2.31. The van der Waals surface area contributed by atoms with Gasteiger partial charge in [-0.15, -0.1) is 0 Å². The van der Waals surface area contributed by atoms with Gasteiger partial charge in [0, 0.05) is 18.8 Å². The van der Waals surface area contributed by atoms with Crippen LogP contribution in [0.3, 0.4) is 0 Å². The summed E-state index contributed by atoms with van der Waals surface area (Å²) in [6.07, 6.45) is 0.606. The number of esters is 1. The van der Waals surface area contributed by atoms with Gasteiger partial charge in [0.1, 0.15) is 0 Å². The van der Waals surface area contributed by atoms with Gasteiger partial charge in [0.25, 0.3) is 0 Å². The zero-order valence-corrected chi connectivity index (χ0v) is 12.2. The Labute approximate surface area is 119 Å². The number of urea groups is 1. The predicted octanol–water partition coefficient (Wildman–Crippen LogP) is -0.181. The number of rotatable bonds is 7. The van der Waals surface area contributed by atoms with E-state index < -0.39 is 5.97 Å². The van der Waals surface area contributed by atoms with Gasteiger partial charge in [0.05, 0.1) is 24.8 Å². The summed E-state index contributed by atoms with van der Waals surface area (Å²) in [5.41, 5.74) is 0.994. The summed E-state index contributed by atoms with van der Waals surface area (Å²) in [6, 6.07) is -0.669. The van der Waals surface area contributed by atoms with E-state index in [2.05, 4.69) is 10.6 Å². The molecule has 0 aliphatic carbocycles. The Kier molecular flexibility index (Phi) is 6.47. The van der Waals surface area contributed by atoms with E-state index in [0.29, 0.717) is 30.8 Å². The Morgan fingerprint density at radius 3 is 2.70 bits per heavy atom. The Morgan fingerprint density at radius 2 is 2.15 bits per heavy atom. The number of amides is 2. The summed E-state index contributed by atoms with van der Waals surface area (Å²) in [5.74, 6) is -0.417. The Bertz CT molecular complexity index is 395. The molecule has 114 valence electrons. The summed E-state index contributed by atoms with van der Waals surface area (Å²) >= 11 is 0. The van der Waals surface area contributed by atoms with E-state index in [1.807, 2.05) is 11.8 Å². The lowest BCUT2D eigenvalue weighted by molar-refractivity contribution is -0.139. The van der Waals surface area contributed by atoms with Crippen molar-refractivity contribution in [2.75, 3.05) is 33.4 Å². The van der Waals surface area contributed by atoms with Gasteiger partial charge in [-0.3, -0.25) is 4.90 Å². The van der Waals surface area contributed by atoms with Gasteiger partial charge in [-0.2, -0.15) is 0 Å². The molecule has 7 nitrogen and oxygen atoms in total. The number of aliphatic hydroxyl groups is 1. The third-order valence-corrected chi connectivity index (χ3v) is 3.06. The minimum atomic E-state index is -0.417. The molecular formula is C13H23N3O4. The molecule has 0 aromatic heterocycles. The quantitative estimate of drug-likeness (QED) is 0.564. The minimum Gasteiger partial charge on any atom is -0.463 e. The van der Waals surface area contributed by atoms with Crippen molar-refractivity contribution >= 4 is 12.0 Å². The average Bonchev–Trinajstić information content (AvgIpc) is 2.38. The van der Waals surface area contributed by atoms with Crippen LogP contribution in [-0.2, 0) is 9.53 Å². The number of likely N-dealkylation sites (N-methyl/N-ethyl adjacent to an activating group) is 1. The van der Waals surface area contributed by atoms with Crippen LogP contribution in [0.4, 0.5) is 4.79 Å². The Hall–Kier alpha value is -1.60. The number of carbonyl (C=O) groups excluding carboxylic acids is 2. The third kappa shape index (κ3) is 4.21. The molecule has 7 heteroatoms. The molecule has 0 bridgehead atoms. The number of carbonyl (C=O) groups is 2. The van der Waals surface area contributed by atoms with Crippen molar-refractivity contribution in [1.82, 2.24) is 15.5 Å². The second-order valence-electron chi connectivity index (χ2n) is 4.63. The lowest BCUT2D eigenvalue weighted by Crippen LogP contribution is -2.52. The molecule has 0 saturated heterocycles. The van der Waals surface area contributed by atoms with E-state index in [1.165, 1.54) is 0 Å². The highest BCUT2D eigenvalue weighted by Crippen LogP contribution is 2.17. The second kappa shape index (κ2) is 7.86. The fraction of sp³-hybridized carbons (Fsp3) is 0.692. The largest absolute Gasteiger partial charge is 0.463 e. The van der Waals surface area contributed by atoms with Gasteiger partial charge in [-0.1, -0.05) is 6.92 Å². The Morgan fingerprint density at radius 1 is 1.45 bits per heavy atom. The van der Waals surface area contributed by atoms with Gasteiger partial charge in [0.15, 0.2) is 0 Å². The number of aliphatic hydroxyl groups excluding tert-OH is 1. The molecule has 1 aliphatic rings. The van der Waals surface area contributed by atoms with Crippen LogP contribution in [0.25, 0.3) is 0 Å². The lowest BCUT2D eigenvalue weighted by atomic mass is 10.00. The van der Waals surface area contributed by atoms with E-state index in [-0.39, 0.29) is 25.3 Å². The molecule has 0 aromatic carbocycles. The number of hydrogen-bond acceptors (Lipinski definition) is 5. The van der Waals surface area contributed by atoms with Crippen LogP contribution in [0.15, 0.2) is 11.3 Å². The van der Waals surface area contributed by atoms with Crippen LogP contribution >= 0.6 is 0 Å². The first kappa shape index (κ1) is 16.5. The molecule has 2 amide bonds. The molecule has 1 atom stereocenters. The van der Waals surface area contributed by atoms with Crippen molar-refractivity contribution in [2.24, 2.45) is 0 Å². The zero-order valence-electron chi connectivity index (χ0n) is 12.2. The molecule has 0 spiro atoms. The minimum absolute atomic E-state index is 0.0158. The smallest absolute Gasteiger partial charge is 0.337 e. The number of hydrogen-bond donors (Lipinski definition) is 3. The van der Waals surface area contributed by atoms with E-state index in [0.717, 1.165) is 0 Å². The van der Waals surface area contributed by atoms with Crippen LogP contribution in [0.5, 0.6) is 0 Å². The van der Waals surface area contributed by atoms with E-state index >= 15 is 0 Å². The predicted molar refractivity (Wildman–Crippen MR) is 74.0 cm³/mol. The second-order valence-corrected chi connectivity index (χ2v) is 4.63. The van der Waals surface area contributed by atoms with Crippen molar-refractivity contribution < 1.29 is 19.4 Å². The molecule has 20 heavy (non-hydrogen) atoms. The summed E-state index contributed by atoms with van der Waals surface area (Å²) in [5, 5.41) is 14.3. The SMILES string of the molecule is CCOC(=O)C1=C(CN(C)CCO)NC(=O)N[C@@H]1CC. The van der Waals surface area contributed by atoms with E-state index in [1.54, 1.807) is 14.0 Å². The topological polar surface area (TPSA) is 90.9 Å². The third-order valence-electron chi connectivity index (χ3n) is 3.06. The fourth-order valence-corrected chi connectivity index (χ4v) is 2.11. The Balaban J connectivity index is 3.03. The van der Waals surface area contributed by atoms with Crippen molar-refractivity contribution in [2.45, 2.75) is 26.3 Å². The van der Waals surface area contributed by atoms with Crippen LogP contribution in [0.2, 0.25) is 0 Å². The molecular weight excluding hydrogens is 262 g/mol. The highest BCUT2D eigenvalue weighted by atomic mass is 16.5. The van der Waals surface area contributed by atoms with E-state index in [9.17, 15) is 9.59 Å². The zero-order chi connectivity index (χ0) is 15.1. The van der Waals surface area contributed by atoms with Crippen LogP contribution in [0.1, 0.15) is 20.3 Å². The highest BCUT2D eigenvalue weighted by molar-refractivity contribution is 5.94. The van der Waals surface area contributed by atoms with Gasteiger partial charge in [-0.25, -0.2) is 9.59 Å². The van der Waals surface area contributed by atoms with Crippen LogP contribution in [-0.4, -0.2) is 61.4 Å². The molecule has 1 aliphatic heterocycles. The standard InChI is InChI=1S/C13H23N3O4/c1-4-9-11(12(18)20-5-2)10(15-13(19)14-9)8-16(3)6-7-17/h9,17H,4-8H2,1-3H3,(H2,14,15,19)/t9-/m1/s1. The van der Waals surface area contributed by atoms with Crippen LogP contribution in [0, 0.1) is 0 Å². The van der Waals surface area contributed by atoms with E-state index in [4.69, 9.17) is 9.84 Å².